The molecule has 0 bridgehead atoms. The lowest BCUT2D eigenvalue weighted by Gasteiger charge is -2.39. The van der Waals surface area contributed by atoms with Crippen LogP contribution in [0.25, 0.3) is 0 Å². The zero-order valence-corrected chi connectivity index (χ0v) is 13.1. The van der Waals surface area contributed by atoms with E-state index in [9.17, 15) is 4.79 Å². The van der Waals surface area contributed by atoms with Crippen molar-refractivity contribution in [2.45, 2.75) is 51.4 Å². The molecular formula is C16H28N2O3. The minimum absolute atomic E-state index is 0.127. The van der Waals surface area contributed by atoms with Gasteiger partial charge in [0.1, 0.15) is 0 Å². The van der Waals surface area contributed by atoms with Gasteiger partial charge in [-0.2, -0.15) is 0 Å². The highest BCUT2D eigenvalue weighted by Crippen LogP contribution is 2.25. The van der Waals surface area contributed by atoms with Gasteiger partial charge in [-0.15, -0.1) is 0 Å². The van der Waals surface area contributed by atoms with Crippen LogP contribution in [-0.2, 0) is 14.3 Å². The summed E-state index contributed by atoms with van der Waals surface area (Å²) >= 11 is 0. The molecule has 3 saturated heterocycles. The number of hydrogen-bond acceptors (Lipinski definition) is 4. The molecule has 0 unspecified atom stereocenters. The third-order valence-electron chi connectivity index (χ3n) is 4.97. The molecule has 21 heavy (non-hydrogen) atoms. The molecule has 5 heteroatoms. The predicted octanol–water partition coefficient (Wildman–Crippen LogP) is 1.47. The van der Waals surface area contributed by atoms with Crippen molar-refractivity contribution in [2.75, 3.05) is 39.4 Å². The van der Waals surface area contributed by atoms with Crippen molar-refractivity contribution < 1.29 is 14.3 Å². The van der Waals surface area contributed by atoms with Crippen molar-refractivity contribution in [3.05, 3.63) is 0 Å². The first kappa shape index (κ1) is 15.3. The SMILES string of the molecule is C[C@@H]1CCCN(C(=O)CN2CCCC[C@H]2C2OCCO2)C1. The minimum atomic E-state index is -0.127. The standard InChI is InChI=1S/C16H28N2O3/c1-13-5-4-8-18(11-13)15(19)12-17-7-3-2-6-14(17)16-20-9-10-21-16/h13-14,16H,2-12H2,1H3/t13-,14+/m1/s1. The zero-order chi connectivity index (χ0) is 14.7. The number of amides is 1. The number of rotatable bonds is 3. The fourth-order valence-corrected chi connectivity index (χ4v) is 3.81. The van der Waals surface area contributed by atoms with Crippen LogP contribution in [0.5, 0.6) is 0 Å². The van der Waals surface area contributed by atoms with Crippen LogP contribution in [0.1, 0.15) is 39.0 Å². The third kappa shape index (κ3) is 3.76. The van der Waals surface area contributed by atoms with E-state index >= 15 is 0 Å². The molecule has 0 aromatic heterocycles. The normalized spacial score (nSPS) is 32.5. The maximum absolute atomic E-state index is 12.6. The Hall–Kier alpha value is -0.650. The smallest absolute Gasteiger partial charge is 0.236 e. The molecule has 3 aliphatic rings. The Kier molecular flexibility index (Phi) is 5.14. The van der Waals surface area contributed by atoms with Crippen LogP contribution in [0, 0.1) is 5.92 Å². The molecular weight excluding hydrogens is 268 g/mol. The van der Waals surface area contributed by atoms with Crippen molar-refractivity contribution >= 4 is 5.91 Å². The second kappa shape index (κ2) is 7.07. The van der Waals surface area contributed by atoms with E-state index in [-0.39, 0.29) is 18.2 Å². The Morgan fingerprint density at radius 1 is 1.10 bits per heavy atom. The van der Waals surface area contributed by atoms with Gasteiger partial charge in [-0.1, -0.05) is 13.3 Å². The van der Waals surface area contributed by atoms with Crippen LogP contribution in [0.15, 0.2) is 0 Å². The minimum Gasteiger partial charge on any atom is -0.349 e. The van der Waals surface area contributed by atoms with E-state index in [0.29, 0.717) is 25.7 Å². The molecule has 0 radical (unpaired) electrons. The number of hydrogen-bond donors (Lipinski definition) is 0. The van der Waals surface area contributed by atoms with Crippen molar-refractivity contribution in [1.82, 2.24) is 9.80 Å². The molecule has 0 aliphatic carbocycles. The van der Waals surface area contributed by atoms with Gasteiger partial charge < -0.3 is 14.4 Å². The van der Waals surface area contributed by atoms with Crippen LogP contribution in [0.4, 0.5) is 0 Å². The quantitative estimate of drug-likeness (QED) is 0.791. The first-order chi connectivity index (χ1) is 10.2. The maximum atomic E-state index is 12.6. The van der Waals surface area contributed by atoms with Crippen molar-refractivity contribution in [1.29, 1.82) is 0 Å². The van der Waals surface area contributed by atoms with E-state index in [2.05, 4.69) is 16.7 Å². The highest BCUT2D eigenvalue weighted by molar-refractivity contribution is 5.78. The summed E-state index contributed by atoms with van der Waals surface area (Å²) in [7, 11) is 0. The fraction of sp³-hybridized carbons (Fsp3) is 0.938. The lowest BCUT2D eigenvalue weighted by molar-refractivity contribution is -0.141. The van der Waals surface area contributed by atoms with Gasteiger partial charge in [0.15, 0.2) is 6.29 Å². The van der Waals surface area contributed by atoms with Gasteiger partial charge in [0.2, 0.25) is 5.91 Å². The van der Waals surface area contributed by atoms with Gasteiger partial charge >= 0.3 is 0 Å². The summed E-state index contributed by atoms with van der Waals surface area (Å²) in [5.74, 6) is 0.924. The molecule has 3 aliphatic heterocycles. The second-order valence-corrected chi connectivity index (χ2v) is 6.73. The van der Waals surface area contributed by atoms with E-state index in [0.717, 1.165) is 32.5 Å². The lowest BCUT2D eigenvalue weighted by Crippen LogP contribution is -2.52. The molecule has 0 spiro atoms. The second-order valence-electron chi connectivity index (χ2n) is 6.73. The van der Waals surface area contributed by atoms with Crippen LogP contribution in [0.3, 0.4) is 0 Å². The first-order valence-electron chi connectivity index (χ1n) is 8.49. The molecule has 0 saturated carbocycles. The molecule has 2 atom stereocenters. The van der Waals surface area contributed by atoms with E-state index in [1.165, 1.54) is 19.3 Å². The van der Waals surface area contributed by atoms with Gasteiger partial charge in [-0.25, -0.2) is 0 Å². The Bertz CT molecular complexity index is 357. The van der Waals surface area contributed by atoms with Gasteiger partial charge in [-0.3, -0.25) is 9.69 Å². The predicted molar refractivity (Wildman–Crippen MR) is 79.9 cm³/mol. The van der Waals surface area contributed by atoms with Gasteiger partial charge in [0.25, 0.3) is 0 Å². The van der Waals surface area contributed by atoms with E-state index in [1.807, 2.05) is 0 Å². The van der Waals surface area contributed by atoms with Crippen molar-refractivity contribution in [3.63, 3.8) is 0 Å². The number of carbonyl (C=O) groups excluding carboxylic acids is 1. The van der Waals surface area contributed by atoms with E-state index in [4.69, 9.17) is 9.47 Å². The topological polar surface area (TPSA) is 42.0 Å². The van der Waals surface area contributed by atoms with Crippen LogP contribution >= 0.6 is 0 Å². The maximum Gasteiger partial charge on any atom is 0.236 e. The number of carbonyl (C=O) groups is 1. The summed E-state index contributed by atoms with van der Waals surface area (Å²) in [6, 6.07) is 0.257. The van der Waals surface area contributed by atoms with Gasteiger partial charge in [0, 0.05) is 13.1 Å². The molecule has 3 heterocycles. The highest BCUT2D eigenvalue weighted by atomic mass is 16.7. The molecule has 120 valence electrons. The monoisotopic (exact) mass is 296 g/mol. The average Bonchev–Trinajstić information content (AvgIpc) is 3.02. The molecule has 0 aromatic carbocycles. The van der Waals surface area contributed by atoms with Crippen LogP contribution in [-0.4, -0.2) is 67.4 Å². The van der Waals surface area contributed by atoms with E-state index in [1.54, 1.807) is 0 Å². The molecule has 5 nitrogen and oxygen atoms in total. The Morgan fingerprint density at radius 3 is 2.67 bits per heavy atom. The lowest BCUT2D eigenvalue weighted by atomic mass is 9.99. The van der Waals surface area contributed by atoms with Gasteiger partial charge in [-0.05, 0) is 38.1 Å². The Labute approximate surface area is 127 Å². The zero-order valence-electron chi connectivity index (χ0n) is 13.1. The van der Waals surface area contributed by atoms with Crippen LogP contribution < -0.4 is 0 Å². The molecule has 3 rings (SSSR count). The summed E-state index contributed by atoms with van der Waals surface area (Å²) < 4.78 is 11.4. The largest absolute Gasteiger partial charge is 0.349 e. The van der Waals surface area contributed by atoms with Crippen molar-refractivity contribution in [2.24, 2.45) is 5.92 Å². The first-order valence-corrected chi connectivity index (χ1v) is 8.49. The molecule has 3 fully saturated rings. The fourth-order valence-electron chi connectivity index (χ4n) is 3.81. The summed E-state index contributed by atoms with van der Waals surface area (Å²) in [5.41, 5.74) is 0. The number of piperidine rings is 2. The number of nitrogens with zero attached hydrogens (tertiary/aromatic N) is 2. The summed E-state index contributed by atoms with van der Waals surface area (Å²) in [5, 5.41) is 0. The number of ether oxygens (including phenoxy) is 2. The van der Waals surface area contributed by atoms with E-state index < -0.39 is 0 Å². The van der Waals surface area contributed by atoms with Crippen LogP contribution in [0.2, 0.25) is 0 Å². The Morgan fingerprint density at radius 2 is 1.90 bits per heavy atom. The number of likely N-dealkylation sites (tertiary alicyclic amines) is 2. The van der Waals surface area contributed by atoms with Crippen molar-refractivity contribution in [3.8, 4) is 0 Å². The van der Waals surface area contributed by atoms with Gasteiger partial charge in [0.05, 0.1) is 25.8 Å². The molecule has 0 aromatic rings. The summed E-state index contributed by atoms with van der Waals surface area (Å²) in [6.45, 7) is 6.98. The summed E-state index contributed by atoms with van der Waals surface area (Å²) in [6.07, 6.45) is 5.73. The summed E-state index contributed by atoms with van der Waals surface area (Å²) in [4.78, 5) is 16.9. The third-order valence-corrected chi connectivity index (χ3v) is 4.97. The molecule has 1 amide bonds. The highest BCUT2D eigenvalue weighted by Gasteiger charge is 2.35. The average molecular weight is 296 g/mol. The Balaban J connectivity index is 1.57. The molecule has 0 N–H and O–H groups in total.